The molecule has 0 saturated carbocycles. The average molecular weight is 348 g/mol. The van der Waals surface area contributed by atoms with Crippen LogP contribution < -0.4 is 15.4 Å². The number of ether oxygens (including phenoxy) is 1. The van der Waals surface area contributed by atoms with Crippen molar-refractivity contribution < 1.29 is 23.4 Å². The zero-order valence-electron chi connectivity index (χ0n) is 13.3. The maximum absolute atomic E-state index is 12.4. The lowest BCUT2D eigenvalue weighted by molar-refractivity contribution is -0.0493. The Hall–Kier alpha value is -2.67. The number of halogens is 2. The van der Waals surface area contributed by atoms with Gasteiger partial charge in [-0.1, -0.05) is 36.4 Å². The van der Waals surface area contributed by atoms with Crippen LogP contribution in [0.5, 0.6) is 5.75 Å². The Bertz CT molecular complexity index is 742. The Labute approximate surface area is 143 Å². The number of hydrogen-bond acceptors (Lipinski definition) is 3. The van der Waals surface area contributed by atoms with E-state index in [0.717, 1.165) is 11.1 Å². The van der Waals surface area contributed by atoms with Gasteiger partial charge in [0.1, 0.15) is 5.75 Å². The lowest BCUT2D eigenvalue weighted by Crippen LogP contribution is -2.53. The highest BCUT2D eigenvalue weighted by Gasteiger charge is 2.38. The summed E-state index contributed by atoms with van der Waals surface area (Å²) >= 11 is 0. The Balaban J connectivity index is 1.71. The van der Waals surface area contributed by atoms with E-state index in [1.807, 2.05) is 24.3 Å². The van der Waals surface area contributed by atoms with Crippen LogP contribution in [0.2, 0.25) is 0 Å². The van der Waals surface area contributed by atoms with Gasteiger partial charge in [0, 0.05) is 0 Å². The molecule has 7 heteroatoms. The molecule has 5 nitrogen and oxygen atoms in total. The summed E-state index contributed by atoms with van der Waals surface area (Å²) in [6.07, 6.45) is 1.00. The zero-order valence-corrected chi connectivity index (χ0v) is 13.3. The molecule has 0 aromatic heterocycles. The highest BCUT2D eigenvalue weighted by atomic mass is 19.3. The minimum absolute atomic E-state index is 0.125. The second kappa shape index (κ2) is 7.06. The Kier molecular flexibility index (Phi) is 4.85. The second-order valence-electron chi connectivity index (χ2n) is 6.01. The van der Waals surface area contributed by atoms with E-state index in [1.54, 1.807) is 6.07 Å². The van der Waals surface area contributed by atoms with Crippen molar-refractivity contribution >= 4 is 11.7 Å². The van der Waals surface area contributed by atoms with Crippen LogP contribution in [0.1, 0.15) is 11.1 Å². The summed E-state index contributed by atoms with van der Waals surface area (Å²) in [6, 6.07) is 13.1. The summed E-state index contributed by atoms with van der Waals surface area (Å²) in [5.41, 5.74) is 1.45. The maximum Gasteiger partial charge on any atom is 0.387 e. The third-order valence-corrected chi connectivity index (χ3v) is 4.21. The first-order chi connectivity index (χ1) is 12.0. The van der Waals surface area contributed by atoms with E-state index in [9.17, 15) is 18.7 Å². The van der Waals surface area contributed by atoms with E-state index in [0.29, 0.717) is 12.8 Å². The van der Waals surface area contributed by atoms with Crippen molar-refractivity contribution in [2.45, 2.75) is 25.0 Å². The maximum atomic E-state index is 12.4. The SMILES string of the molecule is O=C(Nc1ccccc1OC(F)F)NC1(CO)Cc2ccccc2C1. The molecule has 0 spiro atoms. The number of anilines is 1. The van der Waals surface area contributed by atoms with E-state index < -0.39 is 18.2 Å². The molecule has 1 aliphatic rings. The van der Waals surface area contributed by atoms with Gasteiger partial charge in [-0.2, -0.15) is 8.78 Å². The molecule has 0 aliphatic heterocycles. The summed E-state index contributed by atoms with van der Waals surface area (Å²) in [5.74, 6) is -0.125. The van der Waals surface area contributed by atoms with Crippen molar-refractivity contribution in [3.8, 4) is 5.75 Å². The first kappa shape index (κ1) is 17.2. The van der Waals surface area contributed by atoms with E-state index >= 15 is 0 Å². The van der Waals surface area contributed by atoms with Crippen molar-refractivity contribution in [1.82, 2.24) is 5.32 Å². The van der Waals surface area contributed by atoms with Gasteiger partial charge in [0.25, 0.3) is 0 Å². The number of urea groups is 1. The number of aliphatic hydroxyl groups is 1. The van der Waals surface area contributed by atoms with Crippen molar-refractivity contribution in [1.29, 1.82) is 0 Å². The smallest absolute Gasteiger partial charge is 0.387 e. The van der Waals surface area contributed by atoms with Crippen molar-refractivity contribution in [2.24, 2.45) is 0 Å². The summed E-state index contributed by atoms with van der Waals surface area (Å²) in [4.78, 5) is 12.3. The predicted molar refractivity (Wildman–Crippen MR) is 88.9 cm³/mol. The summed E-state index contributed by atoms with van der Waals surface area (Å²) in [6.45, 7) is -3.22. The lowest BCUT2D eigenvalue weighted by atomic mass is 9.97. The average Bonchev–Trinajstić information content (AvgIpc) is 2.94. The molecule has 0 bridgehead atoms. The van der Waals surface area contributed by atoms with Crippen molar-refractivity contribution in [2.75, 3.05) is 11.9 Å². The number of alkyl halides is 2. The number of amides is 2. The van der Waals surface area contributed by atoms with Gasteiger partial charge >= 0.3 is 12.6 Å². The first-order valence-electron chi connectivity index (χ1n) is 7.82. The Morgan fingerprint density at radius 3 is 2.32 bits per heavy atom. The first-order valence-corrected chi connectivity index (χ1v) is 7.82. The summed E-state index contributed by atoms with van der Waals surface area (Å²) in [5, 5.41) is 15.1. The van der Waals surface area contributed by atoms with Gasteiger partial charge in [0.15, 0.2) is 0 Å². The van der Waals surface area contributed by atoms with E-state index in [2.05, 4.69) is 15.4 Å². The van der Waals surface area contributed by atoms with Crippen LogP contribution in [0.25, 0.3) is 0 Å². The number of carbonyl (C=O) groups is 1. The molecule has 3 N–H and O–H groups in total. The third-order valence-electron chi connectivity index (χ3n) is 4.21. The highest BCUT2D eigenvalue weighted by Crippen LogP contribution is 2.30. The number of hydrogen-bond donors (Lipinski definition) is 3. The quantitative estimate of drug-likeness (QED) is 0.778. The molecular formula is C18H18F2N2O3. The molecule has 0 unspecified atom stereocenters. The van der Waals surface area contributed by atoms with E-state index in [4.69, 9.17) is 0 Å². The monoisotopic (exact) mass is 348 g/mol. The van der Waals surface area contributed by atoms with Crippen LogP contribution in [0, 0.1) is 0 Å². The van der Waals surface area contributed by atoms with Gasteiger partial charge in [-0.3, -0.25) is 0 Å². The molecule has 2 aromatic carbocycles. The molecule has 0 radical (unpaired) electrons. The number of carbonyl (C=O) groups excluding carboxylic acids is 1. The minimum atomic E-state index is -2.99. The third kappa shape index (κ3) is 3.88. The molecule has 132 valence electrons. The normalized spacial score (nSPS) is 14.9. The number of nitrogens with one attached hydrogen (secondary N) is 2. The van der Waals surface area contributed by atoms with Gasteiger partial charge in [-0.15, -0.1) is 0 Å². The fraction of sp³-hybridized carbons (Fsp3) is 0.278. The number of rotatable bonds is 5. The minimum Gasteiger partial charge on any atom is -0.433 e. The Morgan fingerprint density at radius 1 is 1.12 bits per heavy atom. The van der Waals surface area contributed by atoms with Gasteiger partial charge in [0.2, 0.25) is 0 Å². The molecule has 0 heterocycles. The fourth-order valence-corrected chi connectivity index (χ4v) is 3.10. The molecule has 0 saturated heterocycles. The van der Waals surface area contributed by atoms with Crippen LogP contribution in [-0.4, -0.2) is 29.9 Å². The van der Waals surface area contributed by atoms with Crippen LogP contribution in [0.15, 0.2) is 48.5 Å². The highest BCUT2D eigenvalue weighted by molar-refractivity contribution is 5.91. The molecule has 2 amide bonds. The molecule has 2 aromatic rings. The van der Waals surface area contributed by atoms with E-state index in [-0.39, 0.29) is 18.0 Å². The number of para-hydroxylation sites is 2. The molecule has 0 atom stereocenters. The predicted octanol–water partition coefficient (Wildman–Crippen LogP) is 2.94. The van der Waals surface area contributed by atoms with Crippen molar-refractivity contribution in [3.63, 3.8) is 0 Å². The Morgan fingerprint density at radius 2 is 1.72 bits per heavy atom. The molecular weight excluding hydrogens is 330 g/mol. The summed E-state index contributed by atoms with van der Waals surface area (Å²) in [7, 11) is 0. The molecule has 3 rings (SSSR count). The molecule has 1 aliphatic carbocycles. The fourth-order valence-electron chi connectivity index (χ4n) is 3.10. The summed E-state index contributed by atoms with van der Waals surface area (Å²) < 4.78 is 29.3. The lowest BCUT2D eigenvalue weighted by Gasteiger charge is -2.28. The van der Waals surface area contributed by atoms with Crippen LogP contribution in [0.4, 0.5) is 19.3 Å². The largest absolute Gasteiger partial charge is 0.433 e. The van der Waals surface area contributed by atoms with E-state index in [1.165, 1.54) is 18.2 Å². The molecule has 25 heavy (non-hydrogen) atoms. The number of aliphatic hydroxyl groups excluding tert-OH is 1. The van der Waals surface area contributed by atoms with Gasteiger partial charge < -0.3 is 20.5 Å². The van der Waals surface area contributed by atoms with Crippen molar-refractivity contribution in [3.05, 3.63) is 59.7 Å². The van der Waals surface area contributed by atoms with Crippen LogP contribution >= 0.6 is 0 Å². The van der Waals surface area contributed by atoms with Crippen LogP contribution in [0.3, 0.4) is 0 Å². The zero-order chi connectivity index (χ0) is 17.9. The standard InChI is InChI=1S/C18H18F2N2O3/c19-16(20)25-15-8-4-3-7-14(15)21-17(24)22-18(11-23)9-12-5-1-2-6-13(12)10-18/h1-8,16,23H,9-11H2,(H2,21,22,24). The number of benzene rings is 2. The van der Waals surface area contributed by atoms with Crippen LogP contribution in [-0.2, 0) is 12.8 Å². The molecule has 0 fully saturated rings. The topological polar surface area (TPSA) is 70.6 Å². The van der Waals surface area contributed by atoms with Gasteiger partial charge in [-0.05, 0) is 36.1 Å². The number of fused-ring (bicyclic) bond motifs is 1. The second-order valence-corrected chi connectivity index (χ2v) is 6.01. The van der Waals surface area contributed by atoms with Gasteiger partial charge in [0.05, 0.1) is 17.8 Å². The van der Waals surface area contributed by atoms with Gasteiger partial charge in [-0.25, -0.2) is 4.79 Å².